The second-order valence-corrected chi connectivity index (χ2v) is 8.40. The van der Waals surface area contributed by atoms with Gasteiger partial charge in [0.15, 0.2) is 10.8 Å². The smallest absolute Gasteiger partial charge is 0.265 e. The highest BCUT2D eigenvalue weighted by Crippen LogP contribution is 2.27. The first-order valence-electron chi connectivity index (χ1n) is 9.43. The molecular weight excluding hydrogens is 412 g/mol. The van der Waals surface area contributed by atoms with Crippen LogP contribution in [0.3, 0.4) is 0 Å². The molecule has 1 aliphatic heterocycles. The summed E-state index contributed by atoms with van der Waals surface area (Å²) in [6, 6.07) is 0. The first-order valence-corrected chi connectivity index (χ1v) is 11.2. The summed E-state index contributed by atoms with van der Waals surface area (Å²) in [4.78, 5) is 24.5. The van der Waals surface area contributed by atoms with Crippen molar-refractivity contribution in [3.05, 3.63) is 16.8 Å². The molecule has 12 heteroatoms. The van der Waals surface area contributed by atoms with Crippen molar-refractivity contribution >= 4 is 46.1 Å². The van der Waals surface area contributed by atoms with Crippen LogP contribution in [0, 0.1) is 6.92 Å². The Labute approximate surface area is 176 Å². The average molecular weight is 435 g/mol. The number of hydrogen-bond donors (Lipinski definition) is 1. The Balaban J connectivity index is 1.54. The van der Waals surface area contributed by atoms with Gasteiger partial charge in [-0.05, 0) is 24.2 Å². The summed E-state index contributed by atoms with van der Waals surface area (Å²) in [5.41, 5.74) is 1.42. The van der Waals surface area contributed by atoms with Crippen LogP contribution in [0.4, 0.5) is 5.82 Å². The summed E-state index contributed by atoms with van der Waals surface area (Å²) in [6.45, 7) is 7.77. The Morgan fingerprint density at radius 1 is 1.34 bits per heavy atom. The van der Waals surface area contributed by atoms with Crippen LogP contribution >= 0.6 is 23.3 Å². The van der Waals surface area contributed by atoms with Gasteiger partial charge in [0, 0.05) is 19.6 Å². The minimum atomic E-state index is -0.167. The minimum Gasteiger partial charge on any atom is -0.378 e. The molecule has 4 rings (SSSR count). The SMILES string of the molecule is CCSc1nc(N2CCOCC2)c2cnn(CCNC(=O)c3snnc3C)c2n1. The molecule has 0 atom stereocenters. The number of morpholine rings is 1. The third-order valence-corrected chi connectivity index (χ3v) is 6.06. The molecule has 3 aromatic rings. The number of fused-ring (bicyclic) bond motifs is 1. The second-order valence-electron chi connectivity index (χ2n) is 6.41. The van der Waals surface area contributed by atoms with Gasteiger partial charge < -0.3 is 15.0 Å². The highest BCUT2D eigenvalue weighted by molar-refractivity contribution is 7.99. The summed E-state index contributed by atoms with van der Waals surface area (Å²) in [6.07, 6.45) is 1.81. The Kier molecular flexibility index (Phi) is 6.21. The van der Waals surface area contributed by atoms with E-state index in [1.165, 1.54) is 0 Å². The number of aromatic nitrogens is 6. The van der Waals surface area contributed by atoms with Crippen molar-refractivity contribution in [2.75, 3.05) is 43.5 Å². The molecular formula is C17H22N8O2S2. The predicted molar refractivity (Wildman–Crippen MR) is 112 cm³/mol. The number of hydrogen-bond acceptors (Lipinski definition) is 10. The van der Waals surface area contributed by atoms with E-state index in [0.717, 1.165) is 52.4 Å². The Morgan fingerprint density at radius 3 is 2.90 bits per heavy atom. The summed E-state index contributed by atoms with van der Waals surface area (Å²) in [7, 11) is 0. The lowest BCUT2D eigenvalue weighted by Gasteiger charge is -2.28. The number of anilines is 1. The molecule has 0 aromatic carbocycles. The number of nitrogens with one attached hydrogen (secondary N) is 1. The molecule has 0 unspecified atom stereocenters. The fraction of sp³-hybridized carbons (Fsp3) is 0.529. The third-order valence-electron chi connectivity index (χ3n) is 4.51. The lowest BCUT2D eigenvalue weighted by Crippen LogP contribution is -2.37. The molecule has 1 N–H and O–H groups in total. The van der Waals surface area contributed by atoms with Gasteiger partial charge in [-0.3, -0.25) is 4.79 Å². The molecule has 0 radical (unpaired) electrons. The van der Waals surface area contributed by atoms with E-state index in [1.807, 2.05) is 4.68 Å². The lowest BCUT2D eigenvalue weighted by molar-refractivity contribution is 0.0955. The van der Waals surface area contributed by atoms with Gasteiger partial charge in [-0.1, -0.05) is 23.2 Å². The van der Waals surface area contributed by atoms with Crippen LogP contribution in [0.1, 0.15) is 22.3 Å². The van der Waals surface area contributed by atoms with Crippen molar-refractivity contribution in [3.63, 3.8) is 0 Å². The molecule has 1 aliphatic rings. The van der Waals surface area contributed by atoms with Crippen LogP contribution in [0.15, 0.2) is 11.4 Å². The Morgan fingerprint density at radius 2 is 2.17 bits per heavy atom. The van der Waals surface area contributed by atoms with Crippen LogP contribution in [-0.2, 0) is 11.3 Å². The van der Waals surface area contributed by atoms with Crippen molar-refractivity contribution in [1.82, 2.24) is 34.7 Å². The van der Waals surface area contributed by atoms with E-state index in [9.17, 15) is 4.79 Å². The number of thioether (sulfide) groups is 1. The molecule has 154 valence electrons. The first kappa shape index (κ1) is 20.0. The zero-order chi connectivity index (χ0) is 20.2. The van der Waals surface area contributed by atoms with Crippen LogP contribution in [0.5, 0.6) is 0 Å². The van der Waals surface area contributed by atoms with Gasteiger partial charge in [0.25, 0.3) is 5.91 Å². The zero-order valence-electron chi connectivity index (χ0n) is 16.3. The molecule has 0 aliphatic carbocycles. The van der Waals surface area contributed by atoms with E-state index in [2.05, 4.69) is 31.8 Å². The van der Waals surface area contributed by atoms with Crippen LogP contribution in [-0.4, -0.2) is 73.8 Å². The monoisotopic (exact) mass is 434 g/mol. The maximum atomic E-state index is 12.3. The Hall–Kier alpha value is -2.31. The molecule has 1 saturated heterocycles. The highest BCUT2D eigenvalue weighted by atomic mass is 32.2. The lowest BCUT2D eigenvalue weighted by atomic mass is 10.3. The second kappa shape index (κ2) is 9.01. The van der Waals surface area contributed by atoms with E-state index in [0.29, 0.717) is 36.9 Å². The minimum absolute atomic E-state index is 0.167. The number of nitrogens with zero attached hydrogens (tertiary/aromatic N) is 7. The number of ether oxygens (including phenoxy) is 1. The molecule has 0 bridgehead atoms. The summed E-state index contributed by atoms with van der Waals surface area (Å²) in [5, 5.41) is 12.9. The van der Waals surface area contributed by atoms with Gasteiger partial charge in [0.1, 0.15) is 10.7 Å². The average Bonchev–Trinajstić information content (AvgIpc) is 3.35. The fourth-order valence-electron chi connectivity index (χ4n) is 3.09. The van der Waals surface area contributed by atoms with Crippen molar-refractivity contribution in [2.45, 2.75) is 25.5 Å². The molecule has 1 fully saturated rings. The summed E-state index contributed by atoms with van der Waals surface area (Å²) >= 11 is 2.70. The molecule has 0 saturated carbocycles. The number of rotatable bonds is 7. The number of aryl methyl sites for hydroxylation is 1. The predicted octanol–water partition coefficient (Wildman–Crippen LogP) is 1.36. The van der Waals surface area contributed by atoms with Crippen molar-refractivity contribution in [2.24, 2.45) is 0 Å². The van der Waals surface area contributed by atoms with E-state index in [-0.39, 0.29) is 5.91 Å². The zero-order valence-corrected chi connectivity index (χ0v) is 17.9. The molecule has 0 spiro atoms. The van der Waals surface area contributed by atoms with Crippen molar-refractivity contribution < 1.29 is 9.53 Å². The van der Waals surface area contributed by atoms with Crippen LogP contribution < -0.4 is 10.2 Å². The number of carbonyl (C=O) groups is 1. The molecule has 10 nitrogen and oxygen atoms in total. The van der Waals surface area contributed by atoms with Gasteiger partial charge in [0.05, 0.1) is 37.0 Å². The van der Waals surface area contributed by atoms with E-state index < -0.39 is 0 Å². The molecule has 29 heavy (non-hydrogen) atoms. The largest absolute Gasteiger partial charge is 0.378 e. The van der Waals surface area contributed by atoms with Gasteiger partial charge in [-0.25, -0.2) is 14.6 Å². The molecule has 1 amide bonds. The molecule has 3 aromatic heterocycles. The van der Waals surface area contributed by atoms with E-state index in [4.69, 9.17) is 14.7 Å². The van der Waals surface area contributed by atoms with Crippen molar-refractivity contribution in [3.8, 4) is 0 Å². The quantitative estimate of drug-likeness (QED) is 0.435. The number of amides is 1. The van der Waals surface area contributed by atoms with Crippen LogP contribution in [0.25, 0.3) is 11.0 Å². The Bertz CT molecular complexity index is 999. The van der Waals surface area contributed by atoms with E-state index >= 15 is 0 Å². The van der Waals surface area contributed by atoms with Crippen LogP contribution in [0.2, 0.25) is 0 Å². The summed E-state index contributed by atoms with van der Waals surface area (Å²) in [5.74, 6) is 1.62. The van der Waals surface area contributed by atoms with Gasteiger partial charge >= 0.3 is 0 Å². The topological polar surface area (TPSA) is 111 Å². The van der Waals surface area contributed by atoms with Gasteiger partial charge in [0.2, 0.25) is 0 Å². The summed E-state index contributed by atoms with van der Waals surface area (Å²) < 4.78 is 11.1. The standard InChI is InChI=1S/C17H22N8O2S2/c1-3-28-17-20-14(24-6-8-27-9-7-24)12-10-19-25(15(12)21-17)5-4-18-16(26)13-11(2)22-23-29-13/h10H,3-9H2,1-2H3,(H,18,26). The third kappa shape index (κ3) is 4.33. The first-order chi connectivity index (χ1) is 14.2. The maximum Gasteiger partial charge on any atom is 0.265 e. The van der Waals surface area contributed by atoms with Gasteiger partial charge in [-0.15, -0.1) is 5.10 Å². The van der Waals surface area contributed by atoms with E-state index in [1.54, 1.807) is 24.9 Å². The van der Waals surface area contributed by atoms with Crippen molar-refractivity contribution in [1.29, 1.82) is 0 Å². The normalized spacial score (nSPS) is 14.5. The fourth-order valence-corrected chi connectivity index (χ4v) is 4.22. The maximum absolute atomic E-state index is 12.3. The van der Waals surface area contributed by atoms with Gasteiger partial charge in [-0.2, -0.15) is 5.10 Å². The number of carbonyl (C=O) groups excluding carboxylic acids is 1. The molecule has 4 heterocycles. The highest BCUT2D eigenvalue weighted by Gasteiger charge is 2.20.